The summed E-state index contributed by atoms with van der Waals surface area (Å²) in [5.41, 5.74) is 0.797. The van der Waals surface area contributed by atoms with E-state index in [-0.39, 0.29) is 12.4 Å². The quantitative estimate of drug-likeness (QED) is 0.819. The molecule has 1 aliphatic carbocycles. The summed E-state index contributed by atoms with van der Waals surface area (Å²) in [5.74, 6) is -0.206. The molecule has 1 aromatic rings. The highest BCUT2D eigenvalue weighted by Gasteiger charge is 2.24. The van der Waals surface area contributed by atoms with E-state index in [0.717, 1.165) is 16.1 Å². The highest BCUT2D eigenvalue weighted by molar-refractivity contribution is 7.99. The molecule has 4 nitrogen and oxygen atoms in total. The molecule has 1 N–H and O–H groups in total. The van der Waals surface area contributed by atoms with Gasteiger partial charge >= 0.3 is 5.97 Å². The number of esters is 1. The number of hydrogen-bond acceptors (Lipinski definition) is 6. The molecule has 19 heavy (non-hydrogen) atoms. The minimum Gasteiger partial charge on any atom is -0.466 e. The van der Waals surface area contributed by atoms with E-state index in [1.807, 2.05) is 24.1 Å². The van der Waals surface area contributed by atoms with Gasteiger partial charge in [0.2, 0.25) is 0 Å². The molecular formula is C13H20N2O2S2. The van der Waals surface area contributed by atoms with Gasteiger partial charge in [0.25, 0.3) is 0 Å². The van der Waals surface area contributed by atoms with Crippen molar-refractivity contribution in [3.63, 3.8) is 0 Å². The van der Waals surface area contributed by atoms with E-state index in [1.165, 1.54) is 19.3 Å². The lowest BCUT2D eigenvalue weighted by Gasteiger charge is -2.11. The van der Waals surface area contributed by atoms with Crippen molar-refractivity contribution in [2.75, 3.05) is 18.2 Å². The number of nitrogens with one attached hydrogen (secondary N) is 1. The number of thiazole rings is 1. The molecule has 106 valence electrons. The van der Waals surface area contributed by atoms with Gasteiger partial charge in [0.05, 0.1) is 18.7 Å². The van der Waals surface area contributed by atoms with Crippen LogP contribution < -0.4 is 5.32 Å². The number of carbonyl (C=O) groups is 1. The average Bonchev–Trinajstić information content (AvgIpc) is 2.99. The van der Waals surface area contributed by atoms with Crippen LogP contribution in [0.15, 0.2) is 5.38 Å². The van der Waals surface area contributed by atoms with Crippen molar-refractivity contribution < 1.29 is 9.53 Å². The van der Waals surface area contributed by atoms with E-state index in [0.29, 0.717) is 12.6 Å². The summed E-state index contributed by atoms with van der Waals surface area (Å²) in [4.78, 5) is 15.8. The highest BCUT2D eigenvalue weighted by Crippen LogP contribution is 2.30. The Morgan fingerprint density at radius 2 is 2.47 bits per heavy atom. The molecule has 0 saturated heterocycles. The molecule has 1 aliphatic rings. The number of nitrogens with zero attached hydrogens (tertiary/aromatic N) is 1. The first-order valence-corrected chi connectivity index (χ1v) is 8.77. The fraction of sp³-hybridized carbons (Fsp3) is 0.692. The van der Waals surface area contributed by atoms with Gasteiger partial charge in [0.1, 0.15) is 0 Å². The van der Waals surface area contributed by atoms with Crippen LogP contribution in [0.4, 0.5) is 5.13 Å². The number of rotatable bonds is 6. The predicted molar refractivity (Wildman–Crippen MR) is 81.0 cm³/mol. The highest BCUT2D eigenvalue weighted by atomic mass is 32.2. The molecule has 1 aromatic heterocycles. The maximum Gasteiger partial charge on any atom is 0.311 e. The first-order chi connectivity index (χ1) is 9.21. The number of thioether (sulfide) groups is 1. The first-order valence-electron chi connectivity index (χ1n) is 6.60. The first kappa shape index (κ1) is 14.7. The molecule has 1 fully saturated rings. The summed E-state index contributed by atoms with van der Waals surface area (Å²) in [6, 6.07) is 0.527. The maximum absolute atomic E-state index is 11.4. The third-order valence-corrected chi connectivity index (χ3v) is 5.15. The lowest BCUT2D eigenvalue weighted by atomic mass is 10.3. The third kappa shape index (κ3) is 4.38. The van der Waals surface area contributed by atoms with Gasteiger partial charge in [-0.15, -0.1) is 11.3 Å². The van der Waals surface area contributed by atoms with E-state index in [4.69, 9.17) is 4.74 Å². The standard InChI is InChI=1S/C13H20N2O2S2/c1-3-17-12(16)7-10-8-19-13(15-10)14-9-4-5-11(6-9)18-2/h8-9,11H,3-7H2,1-2H3,(H,14,15). The number of carbonyl (C=O) groups excluding carboxylic acids is 1. The number of anilines is 1. The fourth-order valence-corrected chi connectivity index (χ4v) is 3.86. The Morgan fingerprint density at radius 3 is 3.16 bits per heavy atom. The molecule has 0 bridgehead atoms. The van der Waals surface area contributed by atoms with Gasteiger partial charge in [-0.25, -0.2) is 4.98 Å². The van der Waals surface area contributed by atoms with Crippen LogP contribution in [0.1, 0.15) is 31.9 Å². The second-order valence-electron chi connectivity index (χ2n) is 4.64. The Balaban J connectivity index is 1.82. The normalized spacial score (nSPS) is 22.4. The van der Waals surface area contributed by atoms with E-state index < -0.39 is 0 Å². The summed E-state index contributed by atoms with van der Waals surface area (Å²) < 4.78 is 4.92. The molecule has 1 saturated carbocycles. The lowest BCUT2D eigenvalue weighted by Crippen LogP contribution is -2.16. The van der Waals surface area contributed by atoms with Crippen molar-refractivity contribution in [2.45, 2.75) is 43.9 Å². The van der Waals surface area contributed by atoms with Crippen molar-refractivity contribution in [1.29, 1.82) is 0 Å². The molecule has 0 aromatic carbocycles. The topological polar surface area (TPSA) is 51.2 Å². The molecule has 0 radical (unpaired) electrons. The Morgan fingerprint density at radius 1 is 1.63 bits per heavy atom. The largest absolute Gasteiger partial charge is 0.466 e. The zero-order chi connectivity index (χ0) is 13.7. The Bertz CT molecular complexity index is 423. The van der Waals surface area contributed by atoms with Crippen molar-refractivity contribution in [3.8, 4) is 0 Å². The Hall–Kier alpha value is -0.750. The monoisotopic (exact) mass is 300 g/mol. The molecule has 2 rings (SSSR count). The van der Waals surface area contributed by atoms with Crippen LogP contribution >= 0.6 is 23.1 Å². The van der Waals surface area contributed by atoms with Crippen LogP contribution in [0.5, 0.6) is 0 Å². The molecule has 2 unspecified atom stereocenters. The van der Waals surface area contributed by atoms with E-state index >= 15 is 0 Å². The van der Waals surface area contributed by atoms with Crippen LogP contribution in [-0.2, 0) is 16.0 Å². The van der Waals surface area contributed by atoms with Crippen LogP contribution in [0.3, 0.4) is 0 Å². The summed E-state index contributed by atoms with van der Waals surface area (Å²) in [6.45, 7) is 2.24. The van der Waals surface area contributed by atoms with Crippen LogP contribution in [-0.4, -0.2) is 35.1 Å². The maximum atomic E-state index is 11.4. The summed E-state index contributed by atoms with van der Waals surface area (Å²) >= 11 is 3.52. The Kier molecular flexibility index (Phi) is 5.51. The second kappa shape index (κ2) is 7.14. The van der Waals surface area contributed by atoms with Gasteiger partial charge in [-0.3, -0.25) is 4.79 Å². The molecule has 0 spiro atoms. The molecule has 0 aliphatic heterocycles. The van der Waals surface area contributed by atoms with E-state index in [2.05, 4.69) is 16.6 Å². The third-order valence-electron chi connectivity index (χ3n) is 3.23. The minimum absolute atomic E-state index is 0.206. The summed E-state index contributed by atoms with van der Waals surface area (Å²) in [7, 11) is 0. The smallest absolute Gasteiger partial charge is 0.311 e. The fourth-order valence-electron chi connectivity index (χ4n) is 2.27. The predicted octanol–water partition coefficient (Wildman–Crippen LogP) is 2.94. The van der Waals surface area contributed by atoms with Crippen LogP contribution in [0.2, 0.25) is 0 Å². The van der Waals surface area contributed by atoms with Gasteiger partial charge in [-0.05, 0) is 32.4 Å². The molecule has 2 atom stereocenters. The van der Waals surface area contributed by atoms with Gasteiger partial charge in [0, 0.05) is 16.7 Å². The van der Waals surface area contributed by atoms with Crippen LogP contribution in [0, 0.1) is 0 Å². The van der Waals surface area contributed by atoms with Crippen molar-refractivity contribution >= 4 is 34.2 Å². The molecule has 1 heterocycles. The Labute approximate surface area is 122 Å². The van der Waals surface area contributed by atoms with E-state index in [9.17, 15) is 4.79 Å². The van der Waals surface area contributed by atoms with Crippen LogP contribution in [0.25, 0.3) is 0 Å². The van der Waals surface area contributed by atoms with Gasteiger partial charge in [-0.1, -0.05) is 0 Å². The van der Waals surface area contributed by atoms with Crippen molar-refractivity contribution in [1.82, 2.24) is 4.98 Å². The minimum atomic E-state index is -0.206. The summed E-state index contributed by atoms with van der Waals surface area (Å²) in [5, 5.41) is 7.10. The van der Waals surface area contributed by atoms with Gasteiger partial charge in [-0.2, -0.15) is 11.8 Å². The SMILES string of the molecule is CCOC(=O)Cc1csc(NC2CCC(SC)C2)n1. The van der Waals surface area contributed by atoms with Crippen molar-refractivity contribution in [3.05, 3.63) is 11.1 Å². The van der Waals surface area contributed by atoms with Gasteiger partial charge in [0.15, 0.2) is 5.13 Å². The lowest BCUT2D eigenvalue weighted by molar-refractivity contribution is -0.142. The number of hydrogen-bond donors (Lipinski definition) is 1. The van der Waals surface area contributed by atoms with Gasteiger partial charge < -0.3 is 10.1 Å². The molecular weight excluding hydrogens is 280 g/mol. The zero-order valence-corrected chi connectivity index (χ0v) is 13.0. The van der Waals surface area contributed by atoms with E-state index in [1.54, 1.807) is 11.3 Å². The number of aromatic nitrogens is 1. The summed E-state index contributed by atoms with van der Waals surface area (Å²) in [6.07, 6.45) is 6.13. The zero-order valence-electron chi connectivity index (χ0n) is 11.3. The van der Waals surface area contributed by atoms with Crippen molar-refractivity contribution in [2.24, 2.45) is 0 Å². The average molecular weight is 300 g/mol. The molecule has 0 amide bonds. The second-order valence-corrected chi connectivity index (χ2v) is 6.63. The molecule has 6 heteroatoms. The number of ether oxygens (including phenoxy) is 1.